The summed E-state index contributed by atoms with van der Waals surface area (Å²) in [5, 5.41) is 3.41. The molecular weight excluding hydrogens is 453 g/mol. The first-order chi connectivity index (χ1) is 15.5. The molecule has 1 aliphatic rings. The number of anilines is 1. The lowest BCUT2D eigenvalue weighted by Crippen LogP contribution is -2.39. The SMILES string of the molecule is CCOC(=O)c1c(NC(=O)C(C)N(C)Cc2ccc(C(F)(F)F)cc2)sc2c1CCC(C)C2. The van der Waals surface area contributed by atoms with Crippen molar-refractivity contribution in [2.45, 2.75) is 58.8 Å². The third-order valence-electron chi connectivity index (χ3n) is 5.98. The molecular formula is C24H29F3N2O3S. The number of carbonyl (C=O) groups excluding carboxylic acids is 2. The normalized spacial score (nSPS) is 16.9. The first-order valence-electron chi connectivity index (χ1n) is 11.0. The number of ether oxygens (including phenoxy) is 1. The maximum atomic E-state index is 13.0. The third-order valence-corrected chi connectivity index (χ3v) is 7.15. The van der Waals surface area contributed by atoms with Crippen LogP contribution in [-0.2, 0) is 35.1 Å². The zero-order valence-electron chi connectivity index (χ0n) is 19.2. The number of halogens is 3. The minimum absolute atomic E-state index is 0.250. The predicted molar refractivity (Wildman–Crippen MR) is 122 cm³/mol. The molecule has 0 saturated heterocycles. The van der Waals surface area contributed by atoms with E-state index < -0.39 is 23.8 Å². The molecule has 1 heterocycles. The van der Waals surface area contributed by atoms with Crippen molar-refractivity contribution in [2.24, 2.45) is 5.92 Å². The number of thiophene rings is 1. The lowest BCUT2D eigenvalue weighted by Gasteiger charge is -2.24. The topological polar surface area (TPSA) is 58.6 Å². The van der Waals surface area contributed by atoms with Crippen LogP contribution in [0.1, 0.15) is 59.1 Å². The second kappa shape index (κ2) is 10.3. The molecule has 1 N–H and O–H groups in total. The van der Waals surface area contributed by atoms with E-state index in [0.29, 0.717) is 28.6 Å². The fraction of sp³-hybridized carbons (Fsp3) is 0.500. The smallest absolute Gasteiger partial charge is 0.416 e. The van der Waals surface area contributed by atoms with Crippen molar-refractivity contribution < 1.29 is 27.5 Å². The van der Waals surface area contributed by atoms with Crippen molar-refractivity contribution in [3.63, 3.8) is 0 Å². The highest BCUT2D eigenvalue weighted by Crippen LogP contribution is 2.40. The van der Waals surface area contributed by atoms with Crippen LogP contribution in [0, 0.1) is 5.92 Å². The number of rotatable bonds is 7. The van der Waals surface area contributed by atoms with Gasteiger partial charge in [-0.2, -0.15) is 13.2 Å². The fourth-order valence-corrected chi connectivity index (χ4v) is 5.30. The van der Waals surface area contributed by atoms with Crippen LogP contribution >= 0.6 is 11.3 Å². The van der Waals surface area contributed by atoms with Crippen LogP contribution in [0.3, 0.4) is 0 Å². The van der Waals surface area contributed by atoms with E-state index >= 15 is 0 Å². The van der Waals surface area contributed by atoms with Crippen molar-refractivity contribution in [1.29, 1.82) is 0 Å². The second-order valence-electron chi connectivity index (χ2n) is 8.55. The van der Waals surface area contributed by atoms with Gasteiger partial charge >= 0.3 is 12.1 Å². The third kappa shape index (κ3) is 5.95. The summed E-state index contributed by atoms with van der Waals surface area (Å²) in [5.74, 6) is -0.198. The molecule has 1 aromatic carbocycles. The average molecular weight is 483 g/mol. The molecule has 1 aromatic heterocycles. The lowest BCUT2D eigenvalue weighted by molar-refractivity contribution is -0.137. The maximum absolute atomic E-state index is 13.0. The van der Waals surface area contributed by atoms with E-state index in [1.807, 2.05) is 0 Å². The van der Waals surface area contributed by atoms with Gasteiger partial charge in [0.1, 0.15) is 5.00 Å². The number of amides is 1. The molecule has 2 aromatic rings. The highest BCUT2D eigenvalue weighted by Gasteiger charge is 2.31. The summed E-state index contributed by atoms with van der Waals surface area (Å²) in [4.78, 5) is 28.5. The van der Waals surface area contributed by atoms with E-state index in [-0.39, 0.29) is 12.5 Å². The number of benzene rings is 1. The summed E-state index contributed by atoms with van der Waals surface area (Å²) in [7, 11) is 1.73. The summed E-state index contributed by atoms with van der Waals surface area (Å²) in [6, 6.07) is 4.34. The number of nitrogens with one attached hydrogen (secondary N) is 1. The number of alkyl halides is 3. The van der Waals surface area contributed by atoms with Gasteiger partial charge in [0.05, 0.1) is 23.8 Å². The Morgan fingerprint density at radius 3 is 2.55 bits per heavy atom. The van der Waals surface area contributed by atoms with Crippen LogP contribution in [0.15, 0.2) is 24.3 Å². The van der Waals surface area contributed by atoms with Gasteiger partial charge in [0, 0.05) is 11.4 Å². The van der Waals surface area contributed by atoms with Crippen LogP contribution in [0.25, 0.3) is 0 Å². The van der Waals surface area contributed by atoms with Gasteiger partial charge in [-0.3, -0.25) is 9.69 Å². The van der Waals surface area contributed by atoms with Crippen LogP contribution in [0.4, 0.5) is 18.2 Å². The van der Waals surface area contributed by atoms with E-state index in [1.165, 1.54) is 23.5 Å². The molecule has 180 valence electrons. The number of carbonyl (C=O) groups is 2. The number of likely N-dealkylation sites (N-methyl/N-ethyl adjacent to an activating group) is 1. The molecule has 2 unspecified atom stereocenters. The highest BCUT2D eigenvalue weighted by atomic mass is 32.1. The molecule has 1 amide bonds. The number of hydrogen-bond donors (Lipinski definition) is 1. The number of esters is 1. The van der Waals surface area contributed by atoms with Crippen molar-refractivity contribution in [1.82, 2.24) is 4.90 Å². The lowest BCUT2D eigenvalue weighted by atomic mass is 9.88. The highest BCUT2D eigenvalue weighted by molar-refractivity contribution is 7.17. The average Bonchev–Trinajstić information content (AvgIpc) is 3.09. The van der Waals surface area contributed by atoms with E-state index in [2.05, 4.69) is 12.2 Å². The Labute approximate surface area is 195 Å². The Balaban J connectivity index is 1.73. The molecule has 2 atom stereocenters. The van der Waals surface area contributed by atoms with Crippen LogP contribution in [0.2, 0.25) is 0 Å². The van der Waals surface area contributed by atoms with Gasteiger partial charge in [0.15, 0.2) is 0 Å². The van der Waals surface area contributed by atoms with Gasteiger partial charge < -0.3 is 10.1 Å². The van der Waals surface area contributed by atoms with Gasteiger partial charge in [-0.25, -0.2) is 4.79 Å². The monoisotopic (exact) mass is 482 g/mol. The Morgan fingerprint density at radius 1 is 1.27 bits per heavy atom. The van der Waals surface area contributed by atoms with Crippen molar-refractivity contribution in [3.05, 3.63) is 51.4 Å². The maximum Gasteiger partial charge on any atom is 0.416 e. The summed E-state index contributed by atoms with van der Waals surface area (Å²) >= 11 is 1.43. The van der Waals surface area contributed by atoms with Gasteiger partial charge in [-0.05, 0) is 69.3 Å². The van der Waals surface area contributed by atoms with Crippen molar-refractivity contribution in [3.8, 4) is 0 Å². The molecule has 0 saturated carbocycles. The zero-order chi connectivity index (χ0) is 24.3. The summed E-state index contributed by atoms with van der Waals surface area (Å²) in [5.41, 5.74) is 1.38. The molecule has 0 fully saturated rings. The number of fused-ring (bicyclic) bond motifs is 1. The predicted octanol–water partition coefficient (Wildman–Crippen LogP) is 5.53. The van der Waals surface area contributed by atoms with Crippen LogP contribution < -0.4 is 5.32 Å². The molecule has 1 aliphatic carbocycles. The van der Waals surface area contributed by atoms with Crippen molar-refractivity contribution in [2.75, 3.05) is 19.0 Å². The first kappa shape index (κ1) is 25.2. The standard InChI is InChI=1S/C24H29F3N2O3S/c1-5-32-23(31)20-18-11-6-14(2)12-19(18)33-22(20)28-21(30)15(3)29(4)13-16-7-9-17(10-8-16)24(25,26)27/h7-10,14-15H,5-6,11-13H2,1-4H3,(H,28,30). The molecule has 0 bridgehead atoms. The summed E-state index contributed by atoms with van der Waals surface area (Å²) in [6.07, 6.45) is -1.76. The summed E-state index contributed by atoms with van der Waals surface area (Å²) in [6.45, 7) is 6.19. The van der Waals surface area contributed by atoms with Gasteiger partial charge in [-0.1, -0.05) is 19.1 Å². The van der Waals surface area contributed by atoms with Gasteiger partial charge in [-0.15, -0.1) is 11.3 Å². The van der Waals surface area contributed by atoms with E-state index in [4.69, 9.17) is 4.74 Å². The Bertz CT molecular complexity index is 1000. The molecule has 33 heavy (non-hydrogen) atoms. The quantitative estimate of drug-likeness (QED) is 0.528. The van der Waals surface area contributed by atoms with E-state index in [1.54, 1.807) is 25.8 Å². The number of hydrogen-bond acceptors (Lipinski definition) is 5. The van der Waals surface area contributed by atoms with Gasteiger partial charge in [0.2, 0.25) is 5.91 Å². The molecule has 5 nitrogen and oxygen atoms in total. The molecule has 0 radical (unpaired) electrons. The Kier molecular flexibility index (Phi) is 7.84. The van der Waals surface area contributed by atoms with Crippen LogP contribution in [0.5, 0.6) is 0 Å². The van der Waals surface area contributed by atoms with Gasteiger partial charge in [0.25, 0.3) is 0 Å². The number of nitrogens with zero attached hydrogens (tertiary/aromatic N) is 1. The van der Waals surface area contributed by atoms with Crippen LogP contribution in [-0.4, -0.2) is 36.5 Å². The van der Waals surface area contributed by atoms with E-state index in [0.717, 1.165) is 41.8 Å². The largest absolute Gasteiger partial charge is 0.462 e. The first-order valence-corrected chi connectivity index (χ1v) is 11.8. The zero-order valence-corrected chi connectivity index (χ0v) is 20.0. The molecule has 9 heteroatoms. The Hall–Kier alpha value is -2.39. The molecule has 3 rings (SSSR count). The Morgan fingerprint density at radius 2 is 1.94 bits per heavy atom. The summed E-state index contributed by atoms with van der Waals surface area (Å²) < 4.78 is 43.6. The van der Waals surface area contributed by atoms with E-state index in [9.17, 15) is 22.8 Å². The fourth-order valence-electron chi connectivity index (χ4n) is 3.90. The second-order valence-corrected chi connectivity index (χ2v) is 9.66. The minimum Gasteiger partial charge on any atom is -0.462 e. The molecule has 0 spiro atoms. The minimum atomic E-state index is -4.38. The van der Waals surface area contributed by atoms with Crippen molar-refractivity contribution >= 4 is 28.2 Å². The molecule has 0 aliphatic heterocycles.